The maximum absolute atomic E-state index is 9.71. The summed E-state index contributed by atoms with van der Waals surface area (Å²) in [5.74, 6) is 0. The minimum Gasteiger partial charge on any atom is -0.290 e. The average Bonchev–Trinajstić information content (AvgIpc) is 2.19. The smallest absolute Gasteiger partial charge is 0.205 e. The fourth-order valence-corrected chi connectivity index (χ4v) is 0.945. The molecule has 0 fully saturated rings. The Kier molecular flexibility index (Phi) is 1.75. The van der Waals surface area contributed by atoms with Gasteiger partial charge in [-0.15, -0.1) is 11.3 Å². The molecule has 2 nitrogen and oxygen atoms in total. The van der Waals surface area contributed by atoms with Gasteiger partial charge in [0, 0.05) is 11.6 Å². The van der Waals surface area contributed by atoms with Crippen molar-refractivity contribution in [1.82, 2.24) is 4.98 Å². The number of hydrogen-bond acceptors (Lipinski definition) is 3. The standard InChI is InChI=1S/C5H4NOS/c7-3-1-5-6-2-4-8-5/h2,4H,1H2. The van der Waals surface area contributed by atoms with E-state index in [1.165, 1.54) is 11.3 Å². The number of hydrogen-bond donors (Lipinski definition) is 0. The van der Waals surface area contributed by atoms with Crippen molar-refractivity contribution in [1.29, 1.82) is 0 Å². The first kappa shape index (κ1) is 5.44. The highest BCUT2D eigenvalue weighted by molar-refractivity contribution is 7.09. The molecule has 0 N–H and O–H groups in total. The Balaban J connectivity index is 2.62. The molecule has 3 heteroatoms. The highest BCUT2D eigenvalue weighted by Gasteiger charge is 1.90. The summed E-state index contributed by atoms with van der Waals surface area (Å²) < 4.78 is 0. The molecule has 0 aliphatic rings. The zero-order valence-electron chi connectivity index (χ0n) is 4.13. The largest absolute Gasteiger partial charge is 0.290 e. The van der Waals surface area contributed by atoms with E-state index in [2.05, 4.69) is 4.98 Å². The average molecular weight is 126 g/mol. The van der Waals surface area contributed by atoms with E-state index in [4.69, 9.17) is 0 Å². The van der Waals surface area contributed by atoms with E-state index in [1.54, 1.807) is 12.5 Å². The molecule has 0 spiro atoms. The fourth-order valence-electron chi connectivity index (χ4n) is 0.402. The van der Waals surface area contributed by atoms with Gasteiger partial charge in [0.05, 0.1) is 6.42 Å². The van der Waals surface area contributed by atoms with Crippen LogP contribution in [0.3, 0.4) is 0 Å². The van der Waals surface area contributed by atoms with Gasteiger partial charge in [-0.25, -0.2) is 4.98 Å². The molecule has 0 unspecified atom stereocenters. The van der Waals surface area contributed by atoms with Crippen LogP contribution >= 0.6 is 11.3 Å². The van der Waals surface area contributed by atoms with Crippen LogP contribution in [0.15, 0.2) is 11.6 Å². The molecule has 1 radical (unpaired) electrons. The van der Waals surface area contributed by atoms with Crippen LogP contribution in [0.25, 0.3) is 0 Å². The number of aromatic nitrogens is 1. The van der Waals surface area contributed by atoms with Gasteiger partial charge in [-0.1, -0.05) is 0 Å². The van der Waals surface area contributed by atoms with E-state index >= 15 is 0 Å². The normalized spacial score (nSPS) is 9.00. The zero-order chi connectivity index (χ0) is 5.82. The van der Waals surface area contributed by atoms with Crippen molar-refractivity contribution in [3.8, 4) is 0 Å². The highest BCUT2D eigenvalue weighted by atomic mass is 32.1. The Labute approximate surface area is 51.2 Å². The predicted molar refractivity (Wildman–Crippen MR) is 31.5 cm³/mol. The lowest BCUT2D eigenvalue weighted by molar-refractivity contribution is 0.555. The molecule has 0 aliphatic heterocycles. The third-order valence-electron chi connectivity index (χ3n) is 0.707. The second kappa shape index (κ2) is 2.57. The third kappa shape index (κ3) is 1.13. The lowest BCUT2D eigenvalue weighted by Gasteiger charge is -1.75. The van der Waals surface area contributed by atoms with Crippen LogP contribution in [-0.4, -0.2) is 11.3 Å². The van der Waals surface area contributed by atoms with Crippen LogP contribution in [0.4, 0.5) is 0 Å². The molecule has 8 heavy (non-hydrogen) atoms. The molecule has 0 aromatic carbocycles. The second-order valence-electron chi connectivity index (χ2n) is 1.25. The third-order valence-corrected chi connectivity index (χ3v) is 1.49. The zero-order valence-corrected chi connectivity index (χ0v) is 4.94. The molecule has 1 heterocycles. The van der Waals surface area contributed by atoms with Gasteiger partial charge in [-0.05, 0) is 0 Å². The highest BCUT2D eigenvalue weighted by Crippen LogP contribution is 2.01. The quantitative estimate of drug-likeness (QED) is 0.586. The Morgan fingerprint density at radius 3 is 3.25 bits per heavy atom. The predicted octanol–water partition coefficient (Wildman–Crippen LogP) is 0.795. The van der Waals surface area contributed by atoms with Crippen molar-refractivity contribution >= 4 is 17.6 Å². The number of nitrogens with zero attached hydrogens (tertiary/aromatic N) is 1. The fraction of sp³-hybridized carbons (Fsp3) is 0.200. The number of thiazole rings is 1. The van der Waals surface area contributed by atoms with Gasteiger partial charge in [0.15, 0.2) is 0 Å². The summed E-state index contributed by atoms with van der Waals surface area (Å²) in [7, 11) is 0. The van der Waals surface area contributed by atoms with Crippen molar-refractivity contribution in [3.05, 3.63) is 16.6 Å². The van der Waals surface area contributed by atoms with Crippen molar-refractivity contribution in [2.45, 2.75) is 6.42 Å². The number of rotatable bonds is 2. The molecular formula is C5H4NOS. The van der Waals surface area contributed by atoms with Crippen LogP contribution in [0.5, 0.6) is 0 Å². The SMILES string of the molecule is O=[C]Cc1nccs1. The summed E-state index contributed by atoms with van der Waals surface area (Å²) >= 11 is 1.47. The van der Waals surface area contributed by atoms with E-state index < -0.39 is 0 Å². The van der Waals surface area contributed by atoms with Crippen molar-refractivity contribution < 1.29 is 4.79 Å². The molecule has 0 bridgehead atoms. The van der Waals surface area contributed by atoms with Gasteiger partial charge in [-0.2, -0.15) is 0 Å². The molecule has 0 amide bonds. The van der Waals surface area contributed by atoms with E-state index in [0.717, 1.165) is 5.01 Å². The van der Waals surface area contributed by atoms with Crippen molar-refractivity contribution in [2.24, 2.45) is 0 Å². The van der Waals surface area contributed by atoms with Crippen molar-refractivity contribution in [2.75, 3.05) is 0 Å². The van der Waals surface area contributed by atoms with E-state index in [-0.39, 0.29) is 0 Å². The molecule has 41 valence electrons. The van der Waals surface area contributed by atoms with Gasteiger partial charge in [0.25, 0.3) is 0 Å². The summed E-state index contributed by atoms with van der Waals surface area (Å²) in [5.41, 5.74) is 0. The van der Waals surface area contributed by atoms with E-state index in [0.29, 0.717) is 6.42 Å². The first-order chi connectivity index (χ1) is 3.93. The van der Waals surface area contributed by atoms with Gasteiger partial charge in [0.1, 0.15) is 5.01 Å². The Hall–Kier alpha value is -0.700. The van der Waals surface area contributed by atoms with Crippen molar-refractivity contribution in [3.63, 3.8) is 0 Å². The van der Waals surface area contributed by atoms with Gasteiger partial charge >= 0.3 is 0 Å². The Morgan fingerprint density at radius 1 is 1.88 bits per heavy atom. The minimum absolute atomic E-state index is 0.331. The molecule has 1 aromatic rings. The van der Waals surface area contributed by atoms with Crippen LogP contribution < -0.4 is 0 Å². The lowest BCUT2D eigenvalue weighted by Crippen LogP contribution is -1.80. The molecule has 0 atom stereocenters. The first-order valence-corrected chi connectivity index (χ1v) is 3.05. The molecule has 0 saturated carbocycles. The molecular weight excluding hydrogens is 122 g/mol. The monoisotopic (exact) mass is 126 g/mol. The van der Waals surface area contributed by atoms with Crippen LogP contribution in [-0.2, 0) is 11.2 Å². The summed E-state index contributed by atoms with van der Waals surface area (Å²) in [4.78, 5) is 13.6. The molecule has 1 aromatic heterocycles. The van der Waals surface area contributed by atoms with Crippen LogP contribution in [0, 0.1) is 0 Å². The maximum atomic E-state index is 9.71. The molecule has 0 aliphatic carbocycles. The lowest BCUT2D eigenvalue weighted by atomic mass is 10.5. The summed E-state index contributed by atoms with van der Waals surface area (Å²) in [5, 5.41) is 2.67. The Bertz CT molecular complexity index is 159. The number of carbonyl (C=O) groups excluding carboxylic acids is 1. The summed E-state index contributed by atoms with van der Waals surface area (Å²) in [6.45, 7) is 0. The van der Waals surface area contributed by atoms with Gasteiger partial charge in [0.2, 0.25) is 6.29 Å². The topological polar surface area (TPSA) is 30.0 Å². The van der Waals surface area contributed by atoms with Gasteiger partial charge in [-0.3, -0.25) is 4.79 Å². The molecule has 1 rings (SSSR count). The summed E-state index contributed by atoms with van der Waals surface area (Å²) in [6, 6.07) is 0. The van der Waals surface area contributed by atoms with E-state index in [9.17, 15) is 4.79 Å². The van der Waals surface area contributed by atoms with Gasteiger partial charge < -0.3 is 0 Å². The Morgan fingerprint density at radius 2 is 2.75 bits per heavy atom. The maximum Gasteiger partial charge on any atom is 0.205 e. The van der Waals surface area contributed by atoms with Crippen LogP contribution in [0.2, 0.25) is 0 Å². The van der Waals surface area contributed by atoms with Crippen LogP contribution in [0.1, 0.15) is 5.01 Å². The second-order valence-corrected chi connectivity index (χ2v) is 2.23. The molecule has 0 saturated heterocycles. The first-order valence-electron chi connectivity index (χ1n) is 2.17. The van der Waals surface area contributed by atoms with E-state index in [1.807, 2.05) is 5.38 Å². The minimum atomic E-state index is 0.331. The summed E-state index contributed by atoms with van der Waals surface area (Å²) in [6.07, 6.45) is 3.78.